The molecule has 0 bridgehead atoms. The van der Waals surface area contributed by atoms with E-state index in [-0.39, 0.29) is 5.91 Å². The molecule has 0 saturated carbocycles. The van der Waals surface area contributed by atoms with Crippen LogP contribution in [0.5, 0.6) is 23.3 Å². The maximum Gasteiger partial charge on any atom is 0.256 e. The number of carbonyl (C=O) groups is 1. The molecule has 1 saturated heterocycles. The molecular weight excluding hydrogens is 418 g/mol. The maximum absolute atomic E-state index is 13.4. The van der Waals surface area contributed by atoms with Crippen molar-refractivity contribution in [3.63, 3.8) is 0 Å². The van der Waals surface area contributed by atoms with Gasteiger partial charge in [-0.25, -0.2) is 9.97 Å². The lowest BCUT2D eigenvalue weighted by Crippen LogP contribution is -2.35. The third-order valence-electron chi connectivity index (χ3n) is 6.06. The zero-order valence-electron chi connectivity index (χ0n) is 18.7. The average molecular weight is 444 g/mol. The molecule has 3 heterocycles. The van der Waals surface area contributed by atoms with Crippen molar-refractivity contribution in [2.45, 2.75) is 19.3 Å². The smallest absolute Gasteiger partial charge is 0.256 e. The van der Waals surface area contributed by atoms with Gasteiger partial charge in [-0.3, -0.25) is 4.79 Å². The summed E-state index contributed by atoms with van der Waals surface area (Å²) in [7, 11) is 3.15. The van der Waals surface area contributed by atoms with Gasteiger partial charge >= 0.3 is 0 Å². The lowest BCUT2D eigenvalue weighted by atomic mass is 10.0. The van der Waals surface area contributed by atoms with Gasteiger partial charge in [-0.2, -0.15) is 0 Å². The van der Waals surface area contributed by atoms with Gasteiger partial charge < -0.3 is 19.1 Å². The minimum Gasteiger partial charge on any atom is -0.493 e. The molecule has 168 valence electrons. The number of aromatic nitrogens is 2. The van der Waals surface area contributed by atoms with Crippen molar-refractivity contribution in [2.24, 2.45) is 0 Å². The molecule has 7 nitrogen and oxygen atoms in total. The summed E-state index contributed by atoms with van der Waals surface area (Å²) < 4.78 is 17.2. The Kier molecular flexibility index (Phi) is 5.69. The normalized spacial score (nSPS) is 13.8. The molecule has 1 aliphatic heterocycles. The van der Waals surface area contributed by atoms with Crippen LogP contribution in [0.3, 0.4) is 0 Å². The number of hydrogen-bond acceptors (Lipinski definition) is 6. The SMILES string of the molecule is COc1cc2c(C(=O)N3CCCCC3)cnc(Oc3nccc4ccccc34)c2cc1OC. The van der Waals surface area contributed by atoms with Gasteiger partial charge in [-0.05, 0) is 48.9 Å². The van der Waals surface area contributed by atoms with Crippen molar-refractivity contribution < 1.29 is 19.0 Å². The van der Waals surface area contributed by atoms with Crippen molar-refractivity contribution in [2.75, 3.05) is 27.3 Å². The number of likely N-dealkylation sites (tertiary alicyclic amines) is 1. The fourth-order valence-corrected chi connectivity index (χ4v) is 4.32. The van der Waals surface area contributed by atoms with Crippen LogP contribution in [0.4, 0.5) is 0 Å². The van der Waals surface area contributed by atoms with Crippen molar-refractivity contribution in [3.05, 3.63) is 60.4 Å². The molecule has 0 radical (unpaired) electrons. The van der Waals surface area contributed by atoms with Crippen LogP contribution >= 0.6 is 0 Å². The minimum absolute atomic E-state index is 0.0331. The van der Waals surface area contributed by atoms with E-state index in [0.29, 0.717) is 39.6 Å². The average Bonchev–Trinajstić information content (AvgIpc) is 2.88. The molecule has 4 aromatic rings. The lowest BCUT2D eigenvalue weighted by Gasteiger charge is -2.27. The van der Waals surface area contributed by atoms with E-state index >= 15 is 0 Å². The van der Waals surface area contributed by atoms with E-state index in [1.165, 1.54) is 0 Å². The Hall–Kier alpha value is -3.87. The zero-order valence-corrected chi connectivity index (χ0v) is 18.7. The van der Waals surface area contributed by atoms with Crippen LogP contribution in [0.1, 0.15) is 29.6 Å². The lowest BCUT2D eigenvalue weighted by molar-refractivity contribution is 0.0726. The highest BCUT2D eigenvalue weighted by atomic mass is 16.5. The largest absolute Gasteiger partial charge is 0.493 e. The molecule has 0 N–H and O–H groups in total. The van der Waals surface area contributed by atoms with Gasteiger partial charge in [0.15, 0.2) is 11.5 Å². The topological polar surface area (TPSA) is 73.8 Å². The monoisotopic (exact) mass is 443 g/mol. The van der Waals surface area contributed by atoms with E-state index in [1.807, 2.05) is 41.3 Å². The highest BCUT2D eigenvalue weighted by Crippen LogP contribution is 2.39. The van der Waals surface area contributed by atoms with Crippen molar-refractivity contribution in [3.8, 4) is 23.3 Å². The zero-order chi connectivity index (χ0) is 22.8. The fourth-order valence-electron chi connectivity index (χ4n) is 4.32. The second-order valence-electron chi connectivity index (χ2n) is 8.02. The van der Waals surface area contributed by atoms with Crippen LogP contribution in [0.15, 0.2) is 54.9 Å². The van der Waals surface area contributed by atoms with Gasteiger partial charge in [0.2, 0.25) is 11.8 Å². The number of hydrogen-bond donors (Lipinski definition) is 0. The summed E-state index contributed by atoms with van der Waals surface area (Å²) in [6.45, 7) is 1.51. The predicted molar refractivity (Wildman–Crippen MR) is 126 cm³/mol. The second kappa shape index (κ2) is 8.94. The van der Waals surface area contributed by atoms with Gasteiger partial charge in [0.1, 0.15) is 0 Å². The second-order valence-corrected chi connectivity index (χ2v) is 8.02. The number of piperidine rings is 1. The Labute approximate surface area is 191 Å². The van der Waals surface area contributed by atoms with Crippen LogP contribution in [-0.4, -0.2) is 48.1 Å². The highest BCUT2D eigenvalue weighted by Gasteiger charge is 2.24. The minimum atomic E-state index is -0.0331. The quantitative estimate of drug-likeness (QED) is 0.421. The van der Waals surface area contributed by atoms with Crippen LogP contribution in [0, 0.1) is 0 Å². The number of amides is 1. The van der Waals surface area contributed by atoms with E-state index < -0.39 is 0 Å². The highest BCUT2D eigenvalue weighted by molar-refractivity contribution is 6.08. The van der Waals surface area contributed by atoms with Gasteiger partial charge in [0.05, 0.1) is 19.8 Å². The summed E-state index contributed by atoms with van der Waals surface area (Å²) in [5.41, 5.74) is 0.520. The predicted octanol–water partition coefficient (Wildman–Crippen LogP) is 5.22. The van der Waals surface area contributed by atoms with Crippen LogP contribution in [-0.2, 0) is 0 Å². The number of pyridine rings is 2. The molecule has 7 heteroatoms. The summed E-state index contributed by atoms with van der Waals surface area (Å²) in [6, 6.07) is 13.4. The molecule has 0 unspecified atom stereocenters. The molecule has 0 aliphatic carbocycles. The van der Waals surface area contributed by atoms with E-state index in [9.17, 15) is 4.79 Å². The Morgan fingerprint density at radius 2 is 1.55 bits per heavy atom. The molecular formula is C26H25N3O4. The first-order valence-electron chi connectivity index (χ1n) is 11.0. The van der Waals surface area contributed by atoms with Crippen molar-refractivity contribution >= 4 is 27.5 Å². The van der Waals surface area contributed by atoms with E-state index in [2.05, 4.69) is 9.97 Å². The molecule has 1 amide bonds. The van der Waals surface area contributed by atoms with E-state index in [0.717, 1.165) is 43.1 Å². The maximum atomic E-state index is 13.4. The summed E-state index contributed by atoms with van der Waals surface area (Å²) in [5, 5.41) is 3.26. The van der Waals surface area contributed by atoms with E-state index in [4.69, 9.17) is 14.2 Å². The summed E-state index contributed by atoms with van der Waals surface area (Å²) in [5.74, 6) is 1.84. The Morgan fingerprint density at radius 1 is 0.848 bits per heavy atom. The first-order chi connectivity index (χ1) is 16.2. The number of fused-ring (bicyclic) bond motifs is 2. The van der Waals surface area contributed by atoms with Crippen molar-refractivity contribution in [1.82, 2.24) is 14.9 Å². The summed E-state index contributed by atoms with van der Waals surface area (Å²) in [6.07, 6.45) is 6.48. The number of benzene rings is 2. The van der Waals surface area contributed by atoms with Gasteiger partial charge in [-0.15, -0.1) is 0 Å². The number of nitrogens with zero attached hydrogens (tertiary/aromatic N) is 3. The van der Waals surface area contributed by atoms with E-state index in [1.54, 1.807) is 32.7 Å². The van der Waals surface area contributed by atoms with Gasteiger partial charge in [-0.1, -0.05) is 18.2 Å². The number of carbonyl (C=O) groups excluding carboxylic acids is 1. The number of rotatable bonds is 5. The number of methoxy groups -OCH3 is 2. The summed E-state index contributed by atoms with van der Waals surface area (Å²) >= 11 is 0. The molecule has 1 aliphatic rings. The van der Waals surface area contributed by atoms with Crippen molar-refractivity contribution in [1.29, 1.82) is 0 Å². The molecule has 0 atom stereocenters. The Balaban J connectivity index is 1.65. The van der Waals surface area contributed by atoms with Gasteiger partial charge in [0, 0.05) is 41.6 Å². The molecule has 0 spiro atoms. The Morgan fingerprint density at radius 3 is 2.30 bits per heavy atom. The molecule has 5 rings (SSSR count). The van der Waals surface area contributed by atoms with Crippen LogP contribution in [0.2, 0.25) is 0 Å². The molecule has 33 heavy (non-hydrogen) atoms. The first kappa shape index (κ1) is 21.0. The van der Waals surface area contributed by atoms with Crippen LogP contribution in [0.25, 0.3) is 21.5 Å². The molecule has 2 aromatic carbocycles. The summed E-state index contributed by atoms with van der Waals surface area (Å²) in [4.78, 5) is 24.2. The standard InChI is InChI=1S/C26H25N3O4/c1-31-22-14-19-20(15-23(22)32-2)25(28-16-21(19)26(30)29-12-6-3-7-13-29)33-24-18-9-5-4-8-17(18)10-11-27-24/h4-5,8-11,14-16H,3,6-7,12-13H2,1-2H3. The Bertz CT molecular complexity index is 1330. The molecule has 2 aromatic heterocycles. The molecule has 1 fully saturated rings. The third kappa shape index (κ3) is 3.91. The van der Waals surface area contributed by atoms with Gasteiger partial charge in [0.25, 0.3) is 5.91 Å². The van der Waals surface area contributed by atoms with Crippen LogP contribution < -0.4 is 14.2 Å². The third-order valence-corrected chi connectivity index (χ3v) is 6.06. The first-order valence-corrected chi connectivity index (χ1v) is 11.0. The number of ether oxygens (including phenoxy) is 3. The fraction of sp³-hybridized carbons (Fsp3) is 0.269.